The number of carboxylic acid groups (broad SMARTS) is 1. The van der Waals surface area contributed by atoms with Gasteiger partial charge in [-0.3, -0.25) is 4.90 Å². The first-order valence-electron chi connectivity index (χ1n) is 15.2. The van der Waals surface area contributed by atoms with Gasteiger partial charge in [0.25, 0.3) is 0 Å². The van der Waals surface area contributed by atoms with E-state index in [9.17, 15) is 4.79 Å². The molecule has 4 aromatic rings. The molecule has 0 radical (unpaired) electrons. The molecule has 1 aliphatic heterocycles. The lowest BCUT2D eigenvalue weighted by molar-refractivity contribution is 0.0697. The van der Waals surface area contributed by atoms with Crippen molar-refractivity contribution in [2.24, 2.45) is 5.92 Å². The van der Waals surface area contributed by atoms with Crippen molar-refractivity contribution in [3.63, 3.8) is 0 Å². The van der Waals surface area contributed by atoms with Crippen molar-refractivity contribution in [1.82, 2.24) is 4.90 Å². The zero-order chi connectivity index (χ0) is 28.9. The van der Waals surface area contributed by atoms with E-state index in [-0.39, 0.29) is 0 Å². The van der Waals surface area contributed by atoms with Gasteiger partial charge < -0.3 is 14.7 Å². The molecule has 6 heteroatoms. The summed E-state index contributed by atoms with van der Waals surface area (Å²) in [7, 11) is 0. The summed E-state index contributed by atoms with van der Waals surface area (Å²) in [6, 6.07) is 29.2. The van der Waals surface area contributed by atoms with Crippen LogP contribution in [0.5, 0.6) is 5.75 Å². The zero-order valence-electron chi connectivity index (χ0n) is 24.4. The van der Waals surface area contributed by atoms with Crippen LogP contribution in [0.2, 0.25) is 0 Å². The fourth-order valence-electron chi connectivity index (χ4n) is 6.18. The van der Waals surface area contributed by atoms with Gasteiger partial charge in [-0.05, 0) is 102 Å². The normalized spacial score (nSPS) is 19.5. The van der Waals surface area contributed by atoms with Gasteiger partial charge in [0, 0.05) is 48.2 Å². The summed E-state index contributed by atoms with van der Waals surface area (Å²) in [6.07, 6.45) is 5.34. The lowest BCUT2D eigenvalue weighted by Gasteiger charge is -2.36. The summed E-state index contributed by atoms with van der Waals surface area (Å²) in [4.78, 5) is 18.6. The van der Waals surface area contributed by atoms with Crippen molar-refractivity contribution in [2.75, 3.05) is 31.1 Å². The molecule has 2 heterocycles. The fourth-order valence-corrected chi connectivity index (χ4v) is 7.23. The number of rotatable bonds is 9. The van der Waals surface area contributed by atoms with E-state index in [1.807, 2.05) is 23.5 Å². The highest BCUT2D eigenvalue weighted by atomic mass is 32.1. The molecule has 0 amide bonds. The van der Waals surface area contributed by atoms with Crippen molar-refractivity contribution in [2.45, 2.75) is 51.7 Å². The van der Waals surface area contributed by atoms with Crippen LogP contribution < -0.4 is 9.64 Å². The number of aromatic carboxylic acids is 1. The third-order valence-corrected chi connectivity index (χ3v) is 10.0. The number of nitrogens with zero attached hydrogens (tertiary/aromatic N) is 2. The van der Waals surface area contributed by atoms with Gasteiger partial charge in [-0.2, -0.15) is 0 Å². The molecule has 3 aromatic carbocycles. The Balaban J connectivity index is 0.966. The third-order valence-electron chi connectivity index (χ3n) is 8.90. The van der Waals surface area contributed by atoms with Gasteiger partial charge in [-0.25, -0.2) is 4.79 Å². The molecule has 1 aromatic heterocycles. The maximum absolute atomic E-state index is 11.1. The van der Waals surface area contributed by atoms with E-state index in [1.165, 1.54) is 52.1 Å². The first kappa shape index (κ1) is 28.5. The van der Waals surface area contributed by atoms with E-state index in [0.717, 1.165) is 56.0 Å². The second kappa shape index (κ2) is 13.1. The van der Waals surface area contributed by atoms with Crippen LogP contribution in [0.1, 0.15) is 64.9 Å². The van der Waals surface area contributed by atoms with Crippen molar-refractivity contribution in [3.8, 4) is 16.2 Å². The van der Waals surface area contributed by atoms with Gasteiger partial charge in [-0.15, -0.1) is 11.3 Å². The summed E-state index contributed by atoms with van der Waals surface area (Å²) in [5, 5.41) is 9.13. The Bertz CT molecular complexity index is 1450. The minimum atomic E-state index is -0.883. The first-order chi connectivity index (χ1) is 20.5. The predicted octanol–water partition coefficient (Wildman–Crippen LogP) is 8.31. The molecule has 0 unspecified atom stereocenters. The number of benzene rings is 3. The number of carbonyl (C=O) groups is 1. The van der Waals surface area contributed by atoms with Crippen molar-refractivity contribution in [3.05, 3.63) is 106 Å². The largest absolute Gasteiger partial charge is 0.489 e. The number of thiophene rings is 1. The molecular formula is C36H40N2O3S. The lowest BCUT2D eigenvalue weighted by Crippen LogP contribution is -2.45. The molecule has 1 saturated heterocycles. The van der Waals surface area contributed by atoms with E-state index in [0.29, 0.717) is 12.2 Å². The molecule has 0 atom stereocenters. The average Bonchev–Trinajstić information content (AvgIpc) is 3.50. The highest BCUT2D eigenvalue weighted by Crippen LogP contribution is 2.36. The number of carboxylic acids is 1. The maximum Gasteiger partial charge on any atom is 0.335 e. The lowest BCUT2D eigenvalue weighted by atomic mass is 9.79. The monoisotopic (exact) mass is 580 g/mol. The molecule has 0 bridgehead atoms. The van der Waals surface area contributed by atoms with Crippen LogP contribution in [0.15, 0.2) is 84.9 Å². The Labute approximate surface area is 253 Å². The molecular weight excluding hydrogens is 540 g/mol. The molecule has 2 aliphatic rings. The highest BCUT2D eigenvalue weighted by Gasteiger charge is 2.20. The quantitative estimate of drug-likeness (QED) is 0.216. The molecule has 1 N–H and O–H groups in total. The minimum Gasteiger partial charge on any atom is -0.489 e. The second-order valence-corrected chi connectivity index (χ2v) is 13.1. The van der Waals surface area contributed by atoms with E-state index in [4.69, 9.17) is 9.84 Å². The summed E-state index contributed by atoms with van der Waals surface area (Å²) < 4.78 is 6.11. The smallest absolute Gasteiger partial charge is 0.335 e. The predicted molar refractivity (Wildman–Crippen MR) is 172 cm³/mol. The van der Waals surface area contributed by atoms with Crippen LogP contribution >= 0.6 is 11.3 Å². The van der Waals surface area contributed by atoms with Gasteiger partial charge in [-0.1, -0.05) is 44.0 Å². The van der Waals surface area contributed by atoms with E-state index in [2.05, 4.69) is 77.4 Å². The summed E-state index contributed by atoms with van der Waals surface area (Å²) >= 11 is 1.86. The fraction of sp³-hybridized carbons (Fsp3) is 0.361. The van der Waals surface area contributed by atoms with E-state index in [1.54, 1.807) is 12.1 Å². The van der Waals surface area contributed by atoms with Crippen LogP contribution in [0.3, 0.4) is 0 Å². The SMILES string of the molecule is C[C@H]1CC[C@H](c2ccc(COc3ccc(-c4ccc(CN5CCN(c6ccc(C(=O)O)cc6)CC5)s4)cc3)cc2)CC1. The van der Waals surface area contributed by atoms with Crippen molar-refractivity contribution in [1.29, 1.82) is 0 Å². The Hall–Kier alpha value is -3.61. The molecule has 1 aliphatic carbocycles. The Morgan fingerprint density at radius 1 is 0.833 bits per heavy atom. The molecule has 42 heavy (non-hydrogen) atoms. The maximum atomic E-state index is 11.1. The molecule has 5 nitrogen and oxygen atoms in total. The molecule has 2 fully saturated rings. The topological polar surface area (TPSA) is 53.0 Å². The van der Waals surface area contributed by atoms with Gasteiger partial charge in [0.1, 0.15) is 12.4 Å². The zero-order valence-corrected chi connectivity index (χ0v) is 25.2. The first-order valence-corrected chi connectivity index (χ1v) is 16.0. The Morgan fingerprint density at radius 3 is 2.19 bits per heavy atom. The van der Waals surface area contributed by atoms with Gasteiger partial charge in [0.2, 0.25) is 0 Å². The number of ether oxygens (including phenoxy) is 1. The highest BCUT2D eigenvalue weighted by molar-refractivity contribution is 7.15. The van der Waals surface area contributed by atoms with Crippen LogP contribution in [-0.4, -0.2) is 42.2 Å². The number of hydrogen-bond donors (Lipinski definition) is 1. The molecule has 218 valence electrons. The number of hydrogen-bond acceptors (Lipinski definition) is 5. The van der Waals surface area contributed by atoms with Crippen molar-refractivity contribution < 1.29 is 14.6 Å². The third kappa shape index (κ3) is 7.05. The molecule has 6 rings (SSSR count). The van der Waals surface area contributed by atoms with E-state index < -0.39 is 5.97 Å². The Kier molecular flexibility index (Phi) is 8.92. The Morgan fingerprint density at radius 2 is 1.52 bits per heavy atom. The van der Waals surface area contributed by atoms with Gasteiger partial charge in [0.05, 0.1) is 5.56 Å². The van der Waals surface area contributed by atoms with E-state index >= 15 is 0 Å². The van der Waals surface area contributed by atoms with Crippen molar-refractivity contribution >= 4 is 23.0 Å². The summed E-state index contributed by atoms with van der Waals surface area (Å²) in [5.74, 6) is 1.63. The molecule has 0 spiro atoms. The van der Waals surface area contributed by atoms with Gasteiger partial charge in [0.15, 0.2) is 0 Å². The standard InChI is InChI=1S/C36H40N2O3S/c1-26-2-6-28(7-3-26)29-8-4-27(5-9-29)25-41-33-16-12-30(13-17-33)35-19-18-34(42-35)24-37-20-22-38(23-21-37)32-14-10-31(11-15-32)36(39)40/h4-5,8-19,26,28H,2-3,6-7,20-25H2,1H3,(H,39,40)/t26-,28-. The van der Waals surface area contributed by atoms with Crippen LogP contribution in [0.25, 0.3) is 10.4 Å². The number of anilines is 1. The molecule has 1 saturated carbocycles. The summed E-state index contributed by atoms with van der Waals surface area (Å²) in [5.41, 5.74) is 5.34. The average molecular weight is 581 g/mol. The number of piperazine rings is 1. The van der Waals surface area contributed by atoms with Crippen LogP contribution in [0.4, 0.5) is 5.69 Å². The summed E-state index contributed by atoms with van der Waals surface area (Å²) in [6.45, 7) is 7.78. The minimum absolute atomic E-state index is 0.331. The van der Waals surface area contributed by atoms with Crippen LogP contribution in [-0.2, 0) is 13.2 Å². The van der Waals surface area contributed by atoms with Gasteiger partial charge >= 0.3 is 5.97 Å². The second-order valence-electron chi connectivity index (χ2n) is 11.9. The van der Waals surface area contributed by atoms with Crippen LogP contribution in [0, 0.1) is 5.92 Å².